The first-order chi connectivity index (χ1) is 24.3. The molecule has 2 aliphatic heterocycles. The number of fused-ring (bicyclic) bond motifs is 2. The molecule has 0 unspecified atom stereocenters. The van der Waals surface area contributed by atoms with Gasteiger partial charge >= 0.3 is 0 Å². The molecular formula is C35H35Br2N11O2. The fraction of sp³-hybridized carbons (Fsp3) is 0.257. The van der Waals surface area contributed by atoms with E-state index in [4.69, 9.17) is 5.73 Å². The molecule has 3 aromatic heterocycles. The summed E-state index contributed by atoms with van der Waals surface area (Å²) in [5.74, 6) is 0.692. The van der Waals surface area contributed by atoms with Gasteiger partial charge in [0.25, 0.3) is 0 Å². The van der Waals surface area contributed by atoms with E-state index in [2.05, 4.69) is 89.5 Å². The summed E-state index contributed by atoms with van der Waals surface area (Å²) in [6, 6.07) is 21.3. The molecule has 13 nitrogen and oxygen atoms in total. The minimum atomic E-state index is -0.137. The standard InChI is InChI=1S/C28H29BrN8O2.C7H6BrN3/c29-26-23-16-21(4-7-24(23)33-34-26)32-28(39)20-8-11-35(17-20)18-25(38)37-14-12-36(13-15-37)22-5-2-19(3-6-22)27-30-9-1-10-31-27;8-7-5-3-4(9)1-2-6(5)10-11-7/h1-7,9-10,16,20H,8,11-15,17-18H2,(H,32,39)(H,33,34);1-3H,9H2,(H,10,11)/t20-;/m1./s1. The summed E-state index contributed by atoms with van der Waals surface area (Å²) >= 11 is 6.77. The summed E-state index contributed by atoms with van der Waals surface area (Å²) in [5, 5.41) is 18.9. The van der Waals surface area contributed by atoms with E-state index in [9.17, 15) is 9.59 Å². The number of anilines is 3. The highest BCUT2D eigenvalue weighted by Crippen LogP contribution is 2.26. The number of nitrogen functional groups attached to an aromatic ring is 1. The molecule has 0 bridgehead atoms. The van der Waals surface area contributed by atoms with E-state index in [0.717, 1.165) is 79.7 Å². The summed E-state index contributed by atoms with van der Waals surface area (Å²) in [7, 11) is 0. The number of carbonyl (C=O) groups is 2. The SMILES string of the molecule is Nc1ccc2n[nH]c(Br)c2c1.O=C(Nc1ccc2n[nH]c(Br)c2c1)[C@@H]1CCN(CC(=O)N2CCN(c3ccc(-c4ncccn4)cc3)CC2)C1. The summed E-state index contributed by atoms with van der Waals surface area (Å²) < 4.78 is 1.66. The first kappa shape index (κ1) is 33.6. The average Bonchev–Trinajstić information content (AvgIpc) is 3.88. The lowest BCUT2D eigenvalue weighted by Crippen LogP contribution is -2.51. The van der Waals surface area contributed by atoms with Crippen molar-refractivity contribution in [3.05, 3.63) is 88.3 Å². The lowest BCUT2D eigenvalue weighted by atomic mass is 10.1. The second-order valence-corrected chi connectivity index (χ2v) is 13.9. The van der Waals surface area contributed by atoms with Gasteiger partial charge in [-0.3, -0.25) is 24.7 Å². The van der Waals surface area contributed by atoms with E-state index in [1.165, 1.54) is 0 Å². The lowest BCUT2D eigenvalue weighted by molar-refractivity contribution is -0.132. The van der Waals surface area contributed by atoms with Crippen LogP contribution in [0.4, 0.5) is 17.1 Å². The highest BCUT2D eigenvalue weighted by molar-refractivity contribution is 9.10. The van der Waals surface area contributed by atoms with Crippen molar-refractivity contribution in [1.82, 2.24) is 40.2 Å². The molecule has 5 N–H and O–H groups in total. The van der Waals surface area contributed by atoms with Crippen molar-refractivity contribution in [3.8, 4) is 11.4 Å². The van der Waals surface area contributed by atoms with Crippen LogP contribution in [-0.4, -0.2) is 97.8 Å². The number of amides is 2. The number of likely N-dealkylation sites (tertiary alicyclic amines) is 1. The van der Waals surface area contributed by atoms with Crippen LogP contribution >= 0.6 is 31.9 Å². The molecule has 2 fully saturated rings. The highest BCUT2D eigenvalue weighted by atomic mass is 79.9. The molecule has 3 aromatic carbocycles. The normalized spacial score (nSPS) is 16.4. The Hall–Kier alpha value is -4.86. The number of nitrogens with one attached hydrogen (secondary N) is 3. The first-order valence-electron chi connectivity index (χ1n) is 16.3. The number of aromatic amines is 2. The van der Waals surface area contributed by atoms with Crippen LogP contribution in [0.5, 0.6) is 0 Å². The number of hydrogen-bond acceptors (Lipinski definition) is 9. The third kappa shape index (κ3) is 7.64. The molecule has 0 spiro atoms. The van der Waals surface area contributed by atoms with Crippen molar-refractivity contribution < 1.29 is 9.59 Å². The number of rotatable bonds is 6. The van der Waals surface area contributed by atoms with Gasteiger partial charge in [0.1, 0.15) is 9.21 Å². The van der Waals surface area contributed by atoms with E-state index in [1.807, 2.05) is 59.5 Å². The molecule has 5 heterocycles. The number of nitrogens with zero attached hydrogens (tertiary/aromatic N) is 7. The maximum Gasteiger partial charge on any atom is 0.236 e. The van der Waals surface area contributed by atoms with Gasteiger partial charge in [0.15, 0.2) is 5.82 Å². The Bertz CT molecular complexity index is 2110. The molecule has 2 saturated heterocycles. The maximum absolute atomic E-state index is 13.0. The van der Waals surface area contributed by atoms with Crippen LogP contribution in [0.2, 0.25) is 0 Å². The number of aromatic nitrogens is 6. The van der Waals surface area contributed by atoms with Crippen molar-refractivity contribution >= 4 is 82.5 Å². The number of benzene rings is 3. The Balaban J connectivity index is 0.000000302. The molecule has 8 rings (SSSR count). The summed E-state index contributed by atoms with van der Waals surface area (Å²) in [5.41, 5.74) is 11.0. The van der Waals surface area contributed by atoms with Gasteiger partial charge < -0.3 is 20.9 Å². The van der Waals surface area contributed by atoms with Crippen LogP contribution in [-0.2, 0) is 9.59 Å². The minimum absolute atomic E-state index is 0.0117. The van der Waals surface area contributed by atoms with Gasteiger partial charge in [0.05, 0.1) is 23.5 Å². The quantitative estimate of drug-likeness (QED) is 0.164. The lowest BCUT2D eigenvalue weighted by Gasteiger charge is -2.36. The van der Waals surface area contributed by atoms with Crippen molar-refractivity contribution in [2.24, 2.45) is 5.92 Å². The zero-order valence-electron chi connectivity index (χ0n) is 27.0. The minimum Gasteiger partial charge on any atom is -0.399 e. The molecule has 15 heteroatoms. The number of piperazine rings is 1. The topological polar surface area (TPSA) is 165 Å². The summed E-state index contributed by atoms with van der Waals surface area (Å²) in [4.78, 5) is 40.9. The molecule has 0 saturated carbocycles. The van der Waals surface area contributed by atoms with E-state index < -0.39 is 0 Å². The Morgan fingerprint density at radius 1 is 0.840 bits per heavy atom. The molecule has 0 radical (unpaired) electrons. The Morgan fingerprint density at radius 3 is 2.20 bits per heavy atom. The molecule has 50 heavy (non-hydrogen) atoms. The fourth-order valence-corrected chi connectivity index (χ4v) is 7.08. The fourth-order valence-electron chi connectivity index (χ4n) is 6.26. The summed E-state index contributed by atoms with van der Waals surface area (Å²) in [6.07, 6.45) is 4.23. The zero-order valence-corrected chi connectivity index (χ0v) is 30.2. The molecule has 256 valence electrons. The molecule has 6 aromatic rings. The second kappa shape index (κ2) is 14.9. The first-order valence-corrected chi connectivity index (χ1v) is 17.9. The molecule has 2 amide bonds. The number of H-pyrrole nitrogens is 2. The van der Waals surface area contributed by atoms with Gasteiger partial charge in [0, 0.05) is 78.5 Å². The van der Waals surface area contributed by atoms with E-state index in [1.54, 1.807) is 12.4 Å². The van der Waals surface area contributed by atoms with E-state index in [0.29, 0.717) is 32.0 Å². The highest BCUT2D eigenvalue weighted by Gasteiger charge is 2.31. The van der Waals surface area contributed by atoms with E-state index in [-0.39, 0.29) is 17.7 Å². The van der Waals surface area contributed by atoms with Gasteiger partial charge in [0.2, 0.25) is 11.8 Å². The van der Waals surface area contributed by atoms with E-state index >= 15 is 0 Å². The molecule has 2 aliphatic rings. The monoisotopic (exact) mass is 799 g/mol. The van der Waals surface area contributed by atoms with Gasteiger partial charge in [-0.1, -0.05) is 0 Å². The maximum atomic E-state index is 13.0. The van der Waals surface area contributed by atoms with Gasteiger partial charge in [-0.05, 0) is 112 Å². The Morgan fingerprint density at radius 2 is 1.50 bits per heavy atom. The van der Waals surface area contributed by atoms with Crippen molar-refractivity contribution in [3.63, 3.8) is 0 Å². The number of carbonyl (C=O) groups excluding carboxylic acids is 2. The second-order valence-electron chi connectivity index (χ2n) is 12.3. The van der Waals surface area contributed by atoms with Crippen LogP contribution in [0, 0.1) is 5.92 Å². The Labute approximate surface area is 304 Å². The Kier molecular flexibility index (Phi) is 10.1. The van der Waals surface area contributed by atoms with Gasteiger partial charge in [-0.15, -0.1) is 0 Å². The molecular weight excluding hydrogens is 766 g/mol. The number of hydrogen-bond donors (Lipinski definition) is 4. The van der Waals surface area contributed by atoms with Crippen LogP contribution in [0.1, 0.15) is 6.42 Å². The smallest absolute Gasteiger partial charge is 0.236 e. The van der Waals surface area contributed by atoms with Crippen LogP contribution in [0.15, 0.2) is 88.3 Å². The van der Waals surface area contributed by atoms with Crippen LogP contribution in [0.3, 0.4) is 0 Å². The molecule has 0 aliphatic carbocycles. The average molecular weight is 802 g/mol. The third-order valence-electron chi connectivity index (χ3n) is 9.00. The van der Waals surface area contributed by atoms with Crippen molar-refractivity contribution in [1.29, 1.82) is 0 Å². The van der Waals surface area contributed by atoms with Gasteiger partial charge in [-0.2, -0.15) is 10.2 Å². The number of nitrogens with two attached hydrogens (primary N) is 1. The number of halogens is 2. The van der Waals surface area contributed by atoms with Crippen LogP contribution < -0.4 is 16.0 Å². The van der Waals surface area contributed by atoms with Crippen LogP contribution in [0.25, 0.3) is 33.2 Å². The zero-order chi connectivity index (χ0) is 34.6. The molecule has 1 atom stereocenters. The van der Waals surface area contributed by atoms with Crippen molar-refractivity contribution in [2.45, 2.75) is 6.42 Å². The van der Waals surface area contributed by atoms with Gasteiger partial charge in [-0.25, -0.2) is 9.97 Å². The summed E-state index contributed by atoms with van der Waals surface area (Å²) in [6.45, 7) is 4.63. The predicted molar refractivity (Wildman–Crippen MR) is 201 cm³/mol. The largest absolute Gasteiger partial charge is 0.399 e. The predicted octanol–water partition coefficient (Wildman–Crippen LogP) is 5.30. The third-order valence-corrected chi connectivity index (χ3v) is 10.2. The van der Waals surface area contributed by atoms with Crippen molar-refractivity contribution in [2.75, 3.05) is 61.8 Å².